The number of esters is 1. The maximum atomic E-state index is 10.6. The summed E-state index contributed by atoms with van der Waals surface area (Å²) >= 11 is 0. The molecule has 1 aliphatic rings. The molecule has 0 atom stereocenters. The number of ether oxygens (including phenoxy) is 1. The van der Waals surface area contributed by atoms with E-state index >= 15 is 0 Å². The van der Waals surface area contributed by atoms with Crippen LogP contribution < -0.4 is 10.6 Å². The maximum Gasteiger partial charge on any atom is 0.325 e. The predicted octanol–water partition coefficient (Wildman–Crippen LogP) is -1.29. The number of guanidine groups is 1. The SMILES string of the molecule is COC(=O)CNC1=NCCN1. The summed E-state index contributed by atoms with van der Waals surface area (Å²) in [6.07, 6.45) is 0. The second-order valence-electron chi connectivity index (χ2n) is 2.09. The van der Waals surface area contributed by atoms with Crippen LogP contribution in [0.15, 0.2) is 4.99 Å². The number of methoxy groups -OCH3 is 1. The lowest BCUT2D eigenvalue weighted by Gasteiger charge is -2.03. The highest BCUT2D eigenvalue weighted by Gasteiger charge is 2.05. The summed E-state index contributed by atoms with van der Waals surface area (Å²) in [6, 6.07) is 0. The number of aliphatic imine (C=N–C) groups is 1. The Labute approximate surface area is 64.8 Å². The van der Waals surface area contributed by atoms with Crippen LogP contribution in [0, 0.1) is 0 Å². The van der Waals surface area contributed by atoms with Gasteiger partial charge in [-0.2, -0.15) is 0 Å². The van der Waals surface area contributed by atoms with Crippen molar-refractivity contribution in [3.05, 3.63) is 0 Å². The van der Waals surface area contributed by atoms with Crippen molar-refractivity contribution in [3.8, 4) is 0 Å². The second kappa shape index (κ2) is 3.80. The third-order valence-electron chi connectivity index (χ3n) is 1.30. The van der Waals surface area contributed by atoms with Crippen LogP contribution in [0.3, 0.4) is 0 Å². The largest absolute Gasteiger partial charge is 0.468 e. The molecule has 11 heavy (non-hydrogen) atoms. The molecule has 0 fully saturated rings. The van der Waals surface area contributed by atoms with Crippen LogP contribution in [0.1, 0.15) is 0 Å². The summed E-state index contributed by atoms with van der Waals surface area (Å²) < 4.78 is 4.43. The average molecular weight is 157 g/mol. The highest BCUT2D eigenvalue weighted by atomic mass is 16.5. The van der Waals surface area contributed by atoms with Crippen LogP contribution in [0.4, 0.5) is 0 Å². The van der Waals surface area contributed by atoms with E-state index in [1.165, 1.54) is 7.11 Å². The molecule has 5 nitrogen and oxygen atoms in total. The molecule has 0 amide bonds. The summed E-state index contributed by atoms with van der Waals surface area (Å²) in [5.74, 6) is 0.386. The zero-order chi connectivity index (χ0) is 8.10. The van der Waals surface area contributed by atoms with Gasteiger partial charge in [0.05, 0.1) is 13.7 Å². The van der Waals surface area contributed by atoms with Crippen LogP contribution in [0.2, 0.25) is 0 Å². The number of hydrogen-bond donors (Lipinski definition) is 2. The Balaban J connectivity index is 2.16. The van der Waals surface area contributed by atoms with Gasteiger partial charge in [-0.05, 0) is 0 Å². The topological polar surface area (TPSA) is 62.7 Å². The molecular weight excluding hydrogens is 146 g/mol. The van der Waals surface area contributed by atoms with Gasteiger partial charge in [-0.3, -0.25) is 9.79 Å². The van der Waals surface area contributed by atoms with Crippen molar-refractivity contribution >= 4 is 11.9 Å². The van der Waals surface area contributed by atoms with Gasteiger partial charge in [0.1, 0.15) is 6.54 Å². The number of carbonyl (C=O) groups excluding carboxylic acids is 1. The van der Waals surface area contributed by atoms with Gasteiger partial charge in [-0.25, -0.2) is 0 Å². The molecule has 0 aromatic rings. The highest BCUT2D eigenvalue weighted by molar-refractivity contribution is 5.85. The van der Waals surface area contributed by atoms with Crippen LogP contribution in [-0.4, -0.2) is 38.7 Å². The molecule has 1 rings (SSSR count). The number of nitrogens with one attached hydrogen (secondary N) is 2. The Morgan fingerprint density at radius 3 is 3.27 bits per heavy atom. The molecule has 0 radical (unpaired) electrons. The van der Waals surface area contributed by atoms with Gasteiger partial charge < -0.3 is 15.4 Å². The van der Waals surface area contributed by atoms with E-state index in [1.807, 2.05) is 0 Å². The molecule has 0 bridgehead atoms. The maximum absolute atomic E-state index is 10.6. The lowest BCUT2D eigenvalue weighted by atomic mass is 10.6. The van der Waals surface area contributed by atoms with Gasteiger partial charge >= 0.3 is 5.97 Å². The lowest BCUT2D eigenvalue weighted by Crippen LogP contribution is -2.37. The van der Waals surface area contributed by atoms with Gasteiger partial charge in [0, 0.05) is 6.54 Å². The van der Waals surface area contributed by atoms with Crippen LogP contribution in [-0.2, 0) is 9.53 Å². The van der Waals surface area contributed by atoms with Crippen LogP contribution >= 0.6 is 0 Å². The van der Waals surface area contributed by atoms with Gasteiger partial charge in [-0.15, -0.1) is 0 Å². The van der Waals surface area contributed by atoms with Gasteiger partial charge in [0.2, 0.25) is 0 Å². The third-order valence-corrected chi connectivity index (χ3v) is 1.30. The molecule has 0 unspecified atom stereocenters. The van der Waals surface area contributed by atoms with Crippen LogP contribution in [0.25, 0.3) is 0 Å². The minimum absolute atomic E-state index is 0.169. The fraction of sp³-hybridized carbons (Fsp3) is 0.667. The Kier molecular flexibility index (Phi) is 2.71. The molecule has 5 heteroatoms. The highest BCUT2D eigenvalue weighted by Crippen LogP contribution is 1.80. The fourth-order valence-electron chi connectivity index (χ4n) is 0.744. The second-order valence-corrected chi connectivity index (χ2v) is 2.09. The van der Waals surface area contributed by atoms with Gasteiger partial charge in [-0.1, -0.05) is 0 Å². The van der Waals surface area contributed by atoms with Crippen molar-refractivity contribution in [2.24, 2.45) is 4.99 Å². The molecular formula is C6H11N3O2. The fourth-order valence-corrected chi connectivity index (χ4v) is 0.744. The standard InChI is InChI=1S/C6H11N3O2/c1-11-5(10)4-9-6-7-2-3-8-6/h2-4H2,1H3,(H2,7,8,9). The first-order chi connectivity index (χ1) is 5.33. The first-order valence-electron chi connectivity index (χ1n) is 3.42. The van der Waals surface area contributed by atoms with E-state index < -0.39 is 0 Å². The van der Waals surface area contributed by atoms with E-state index in [-0.39, 0.29) is 12.5 Å². The van der Waals surface area contributed by atoms with E-state index in [1.54, 1.807) is 0 Å². The van der Waals surface area contributed by atoms with Crippen molar-refractivity contribution < 1.29 is 9.53 Å². The Morgan fingerprint density at radius 2 is 2.73 bits per heavy atom. The van der Waals surface area contributed by atoms with Crippen molar-refractivity contribution in [2.75, 3.05) is 26.7 Å². The third kappa shape index (κ3) is 2.45. The monoisotopic (exact) mass is 157 g/mol. The molecule has 1 heterocycles. The van der Waals surface area contributed by atoms with Gasteiger partial charge in [0.25, 0.3) is 0 Å². The van der Waals surface area contributed by atoms with Crippen LogP contribution in [0.5, 0.6) is 0 Å². The lowest BCUT2D eigenvalue weighted by molar-refractivity contribution is -0.139. The zero-order valence-electron chi connectivity index (χ0n) is 6.39. The summed E-state index contributed by atoms with van der Waals surface area (Å²) in [6.45, 7) is 1.77. The summed E-state index contributed by atoms with van der Waals surface area (Å²) in [5, 5.41) is 5.76. The van der Waals surface area contributed by atoms with E-state index in [2.05, 4.69) is 20.4 Å². The minimum atomic E-state index is -0.290. The summed E-state index contributed by atoms with van der Waals surface area (Å²) in [5.41, 5.74) is 0. The Bertz CT molecular complexity index is 179. The quantitative estimate of drug-likeness (QED) is 0.489. The molecule has 0 saturated carbocycles. The van der Waals surface area contributed by atoms with E-state index in [0.717, 1.165) is 13.1 Å². The van der Waals surface area contributed by atoms with E-state index in [0.29, 0.717) is 5.96 Å². The molecule has 0 spiro atoms. The number of rotatable bonds is 2. The molecule has 2 N–H and O–H groups in total. The predicted molar refractivity (Wildman–Crippen MR) is 40.3 cm³/mol. The normalized spacial score (nSPS) is 15.2. The number of carbonyl (C=O) groups is 1. The molecule has 0 saturated heterocycles. The zero-order valence-corrected chi connectivity index (χ0v) is 6.39. The molecule has 0 aromatic carbocycles. The summed E-state index contributed by atoms with van der Waals surface area (Å²) in [4.78, 5) is 14.6. The van der Waals surface area contributed by atoms with Crippen molar-refractivity contribution in [1.29, 1.82) is 0 Å². The van der Waals surface area contributed by atoms with E-state index in [4.69, 9.17) is 0 Å². The average Bonchev–Trinajstić information content (AvgIpc) is 2.52. The molecule has 62 valence electrons. The van der Waals surface area contributed by atoms with Crippen molar-refractivity contribution in [2.45, 2.75) is 0 Å². The minimum Gasteiger partial charge on any atom is -0.468 e. The summed E-state index contributed by atoms with van der Waals surface area (Å²) in [7, 11) is 1.36. The Hall–Kier alpha value is -1.26. The number of nitrogens with zero attached hydrogens (tertiary/aromatic N) is 1. The first kappa shape index (κ1) is 7.84. The molecule has 0 aromatic heterocycles. The van der Waals surface area contributed by atoms with Crippen molar-refractivity contribution in [3.63, 3.8) is 0 Å². The molecule has 0 aliphatic carbocycles. The number of hydrogen-bond acceptors (Lipinski definition) is 5. The Morgan fingerprint density at radius 1 is 1.91 bits per heavy atom. The smallest absolute Gasteiger partial charge is 0.325 e. The van der Waals surface area contributed by atoms with Gasteiger partial charge in [0.15, 0.2) is 5.96 Å². The van der Waals surface area contributed by atoms with E-state index in [9.17, 15) is 4.79 Å². The first-order valence-corrected chi connectivity index (χ1v) is 3.42. The van der Waals surface area contributed by atoms with Crippen molar-refractivity contribution in [1.82, 2.24) is 10.6 Å². The molecule has 1 aliphatic heterocycles.